The van der Waals surface area contributed by atoms with Crippen LogP contribution in [-0.4, -0.2) is 51.6 Å². The maximum atomic E-state index is 12.7. The van der Waals surface area contributed by atoms with E-state index in [4.69, 9.17) is 4.74 Å². The zero-order chi connectivity index (χ0) is 19.2. The molecule has 1 unspecified atom stereocenters. The van der Waals surface area contributed by atoms with Gasteiger partial charge in [0.25, 0.3) is 5.91 Å². The molecule has 0 aliphatic carbocycles. The first kappa shape index (κ1) is 19.2. The minimum absolute atomic E-state index is 0.0437. The fourth-order valence-corrected chi connectivity index (χ4v) is 3.65. The average Bonchev–Trinajstić information content (AvgIpc) is 3.23. The molecule has 1 atom stereocenters. The van der Waals surface area contributed by atoms with Crippen molar-refractivity contribution >= 4 is 11.6 Å². The first-order valence-corrected chi connectivity index (χ1v) is 9.52. The summed E-state index contributed by atoms with van der Waals surface area (Å²) >= 11 is 0. The SMILES string of the molecule is COc1ccccc1C(CNC(=O)c1cccc(N(C)C)c1)N1CCCC1. The fourth-order valence-electron chi connectivity index (χ4n) is 3.65. The van der Waals surface area contributed by atoms with Gasteiger partial charge in [0.15, 0.2) is 0 Å². The van der Waals surface area contributed by atoms with Crippen molar-refractivity contribution in [1.82, 2.24) is 10.2 Å². The number of benzene rings is 2. The number of nitrogens with one attached hydrogen (secondary N) is 1. The second-order valence-electron chi connectivity index (χ2n) is 7.16. The number of rotatable bonds is 7. The summed E-state index contributed by atoms with van der Waals surface area (Å²) in [4.78, 5) is 17.2. The van der Waals surface area contributed by atoms with Crippen molar-refractivity contribution in [3.05, 3.63) is 59.7 Å². The molecule has 1 saturated heterocycles. The number of amides is 1. The van der Waals surface area contributed by atoms with E-state index in [1.54, 1.807) is 7.11 Å². The molecule has 1 heterocycles. The Labute approximate surface area is 161 Å². The average molecular weight is 367 g/mol. The number of hydrogen-bond acceptors (Lipinski definition) is 4. The van der Waals surface area contributed by atoms with E-state index in [0.717, 1.165) is 30.1 Å². The lowest BCUT2D eigenvalue weighted by Crippen LogP contribution is -2.37. The summed E-state index contributed by atoms with van der Waals surface area (Å²) in [6.07, 6.45) is 2.40. The quantitative estimate of drug-likeness (QED) is 0.815. The van der Waals surface area contributed by atoms with Gasteiger partial charge in [-0.05, 0) is 50.2 Å². The summed E-state index contributed by atoms with van der Waals surface area (Å²) in [6.45, 7) is 2.66. The second kappa shape index (κ2) is 8.91. The van der Waals surface area contributed by atoms with Crippen LogP contribution in [-0.2, 0) is 0 Å². The van der Waals surface area contributed by atoms with Gasteiger partial charge in [-0.1, -0.05) is 24.3 Å². The molecule has 27 heavy (non-hydrogen) atoms. The Morgan fingerprint density at radius 3 is 2.59 bits per heavy atom. The fraction of sp³-hybridized carbons (Fsp3) is 0.409. The van der Waals surface area contributed by atoms with Gasteiger partial charge in [-0.2, -0.15) is 0 Å². The summed E-state index contributed by atoms with van der Waals surface area (Å²) in [5.41, 5.74) is 2.83. The standard InChI is InChI=1S/C22H29N3O2/c1-24(2)18-10-8-9-17(15-18)22(26)23-16-20(25-13-6-7-14-25)19-11-4-5-12-21(19)27-3/h4-5,8-12,15,20H,6-7,13-14,16H2,1-3H3,(H,23,26). The van der Waals surface area contributed by atoms with Crippen LogP contribution in [0.5, 0.6) is 5.75 Å². The Morgan fingerprint density at radius 1 is 1.15 bits per heavy atom. The van der Waals surface area contributed by atoms with Gasteiger partial charge in [0.2, 0.25) is 0 Å². The zero-order valence-corrected chi connectivity index (χ0v) is 16.4. The molecule has 3 rings (SSSR count). The number of methoxy groups -OCH3 is 1. The van der Waals surface area contributed by atoms with Gasteiger partial charge in [0.1, 0.15) is 5.75 Å². The van der Waals surface area contributed by atoms with E-state index in [9.17, 15) is 4.79 Å². The predicted molar refractivity (Wildman–Crippen MR) is 110 cm³/mol. The lowest BCUT2D eigenvalue weighted by atomic mass is 10.0. The van der Waals surface area contributed by atoms with Crippen molar-refractivity contribution in [2.24, 2.45) is 0 Å². The van der Waals surface area contributed by atoms with E-state index in [2.05, 4.69) is 16.3 Å². The highest BCUT2D eigenvalue weighted by molar-refractivity contribution is 5.95. The van der Waals surface area contributed by atoms with Gasteiger partial charge in [-0.15, -0.1) is 0 Å². The second-order valence-corrected chi connectivity index (χ2v) is 7.16. The molecule has 1 amide bonds. The van der Waals surface area contributed by atoms with Crippen LogP contribution in [0.4, 0.5) is 5.69 Å². The molecule has 1 aliphatic rings. The largest absolute Gasteiger partial charge is 0.496 e. The maximum Gasteiger partial charge on any atom is 0.251 e. The molecule has 144 valence electrons. The molecule has 0 radical (unpaired) electrons. The van der Waals surface area contributed by atoms with Gasteiger partial charge < -0.3 is 15.0 Å². The molecule has 5 heteroatoms. The van der Waals surface area contributed by atoms with Gasteiger partial charge in [-0.25, -0.2) is 0 Å². The van der Waals surface area contributed by atoms with E-state index in [1.807, 2.05) is 61.5 Å². The third-order valence-electron chi connectivity index (χ3n) is 5.16. The number of ether oxygens (including phenoxy) is 1. The number of para-hydroxylation sites is 1. The Balaban J connectivity index is 1.77. The monoisotopic (exact) mass is 367 g/mol. The molecule has 0 spiro atoms. The molecule has 2 aromatic rings. The summed E-state index contributed by atoms with van der Waals surface area (Å²) in [5.74, 6) is 0.830. The number of likely N-dealkylation sites (tertiary alicyclic amines) is 1. The highest BCUT2D eigenvalue weighted by atomic mass is 16.5. The van der Waals surface area contributed by atoms with Crippen molar-refractivity contribution in [2.45, 2.75) is 18.9 Å². The normalized spacial score (nSPS) is 15.4. The predicted octanol–water partition coefficient (Wildman–Crippen LogP) is 3.33. The molecule has 5 nitrogen and oxygen atoms in total. The zero-order valence-electron chi connectivity index (χ0n) is 16.4. The minimum atomic E-state index is -0.0437. The van der Waals surface area contributed by atoms with Gasteiger partial charge in [0.05, 0.1) is 13.2 Å². The molecule has 0 bridgehead atoms. The number of carbonyl (C=O) groups excluding carboxylic acids is 1. The molecule has 2 aromatic carbocycles. The third-order valence-corrected chi connectivity index (χ3v) is 5.16. The molecule has 0 saturated carbocycles. The Morgan fingerprint density at radius 2 is 1.89 bits per heavy atom. The number of hydrogen-bond donors (Lipinski definition) is 1. The van der Waals surface area contributed by atoms with E-state index in [0.29, 0.717) is 12.1 Å². The summed E-state index contributed by atoms with van der Waals surface area (Å²) < 4.78 is 5.57. The van der Waals surface area contributed by atoms with E-state index >= 15 is 0 Å². The van der Waals surface area contributed by atoms with Crippen LogP contribution in [0, 0.1) is 0 Å². The first-order valence-electron chi connectivity index (χ1n) is 9.52. The van der Waals surface area contributed by atoms with Crippen LogP contribution in [0.25, 0.3) is 0 Å². The highest BCUT2D eigenvalue weighted by Gasteiger charge is 2.26. The summed E-state index contributed by atoms with van der Waals surface area (Å²) in [5, 5.41) is 3.14. The molecule has 0 aromatic heterocycles. The summed E-state index contributed by atoms with van der Waals surface area (Å²) in [6, 6.07) is 15.9. The van der Waals surface area contributed by atoms with Crippen molar-refractivity contribution in [3.8, 4) is 5.75 Å². The molecular formula is C22H29N3O2. The molecule has 1 fully saturated rings. The van der Waals surface area contributed by atoms with Crippen LogP contribution in [0.1, 0.15) is 34.8 Å². The van der Waals surface area contributed by atoms with Crippen LogP contribution >= 0.6 is 0 Å². The Kier molecular flexibility index (Phi) is 6.35. The smallest absolute Gasteiger partial charge is 0.251 e. The van der Waals surface area contributed by atoms with Crippen LogP contribution in [0.2, 0.25) is 0 Å². The van der Waals surface area contributed by atoms with Crippen LogP contribution in [0.3, 0.4) is 0 Å². The van der Waals surface area contributed by atoms with Gasteiger partial charge in [-0.3, -0.25) is 9.69 Å². The lowest BCUT2D eigenvalue weighted by molar-refractivity contribution is 0.0937. The topological polar surface area (TPSA) is 44.8 Å². The van der Waals surface area contributed by atoms with Crippen LogP contribution < -0.4 is 15.0 Å². The van der Waals surface area contributed by atoms with E-state index < -0.39 is 0 Å². The van der Waals surface area contributed by atoms with Gasteiger partial charge in [0, 0.05) is 37.5 Å². The molecule has 1 N–H and O–H groups in total. The van der Waals surface area contributed by atoms with Gasteiger partial charge >= 0.3 is 0 Å². The maximum absolute atomic E-state index is 12.7. The van der Waals surface area contributed by atoms with E-state index in [-0.39, 0.29) is 11.9 Å². The highest BCUT2D eigenvalue weighted by Crippen LogP contribution is 2.31. The number of carbonyl (C=O) groups is 1. The Hall–Kier alpha value is -2.53. The number of anilines is 1. The van der Waals surface area contributed by atoms with Crippen molar-refractivity contribution < 1.29 is 9.53 Å². The third kappa shape index (κ3) is 4.61. The van der Waals surface area contributed by atoms with Crippen molar-refractivity contribution in [2.75, 3.05) is 45.7 Å². The van der Waals surface area contributed by atoms with Crippen molar-refractivity contribution in [1.29, 1.82) is 0 Å². The van der Waals surface area contributed by atoms with Crippen LogP contribution in [0.15, 0.2) is 48.5 Å². The number of nitrogens with zero attached hydrogens (tertiary/aromatic N) is 2. The lowest BCUT2D eigenvalue weighted by Gasteiger charge is -2.29. The Bertz CT molecular complexity index is 770. The molecular weight excluding hydrogens is 338 g/mol. The summed E-state index contributed by atoms with van der Waals surface area (Å²) in [7, 11) is 5.65. The first-order chi connectivity index (χ1) is 13.1. The molecule has 1 aliphatic heterocycles. The van der Waals surface area contributed by atoms with E-state index in [1.165, 1.54) is 12.8 Å². The minimum Gasteiger partial charge on any atom is -0.496 e. The van der Waals surface area contributed by atoms with Crippen molar-refractivity contribution in [3.63, 3.8) is 0 Å².